The zero-order valence-corrected chi connectivity index (χ0v) is 7.42. The largest absolute Gasteiger partial charge is 0.388 e. The van der Waals surface area contributed by atoms with Gasteiger partial charge in [-0.15, -0.1) is 0 Å². The van der Waals surface area contributed by atoms with Crippen LogP contribution in [0.25, 0.3) is 0 Å². The number of nitrogens with zero attached hydrogens (tertiary/aromatic N) is 1. The van der Waals surface area contributed by atoms with Crippen LogP contribution in [0.4, 0.5) is 0 Å². The van der Waals surface area contributed by atoms with Crippen LogP contribution >= 0.6 is 0 Å². The van der Waals surface area contributed by atoms with Crippen molar-refractivity contribution in [3.8, 4) is 0 Å². The number of hydrogen-bond donors (Lipinski definition) is 1. The Labute approximate surface area is 72.4 Å². The molecule has 0 bridgehead atoms. The number of hydrogen-bond acceptors (Lipinski definition) is 2. The van der Waals surface area contributed by atoms with Gasteiger partial charge in [0.25, 0.3) is 0 Å². The summed E-state index contributed by atoms with van der Waals surface area (Å²) in [5, 5.41) is 9.97. The Morgan fingerprint density at radius 1 is 1.67 bits per heavy atom. The maximum Gasteiger partial charge on any atom is 0.222 e. The van der Waals surface area contributed by atoms with Gasteiger partial charge in [0.15, 0.2) is 0 Å². The molecule has 3 nitrogen and oxygen atoms in total. The van der Waals surface area contributed by atoms with Gasteiger partial charge in [0, 0.05) is 13.0 Å². The lowest BCUT2D eigenvalue weighted by atomic mass is 9.86. The fourth-order valence-electron chi connectivity index (χ4n) is 2.43. The maximum atomic E-state index is 11.3. The summed E-state index contributed by atoms with van der Waals surface area (Å²) in [4.78, 5) is 13.2. The standard InChI is InChI=1S/C9H15NO2/c1-9(12)5-2-6-10-7(9)3-4-8(10)11/h7,12H,2-6H2,1H3/t7-,9-/m0/s1. The lowest BCUT2D eigenvalue weighted by Crippen LogP contribution is -2.53. The van der Waals surface area contributed by atoms with Crippen LogP contribution in [-0.2, 0) is 4.79 Å². The molecule has 2 fully saturated rings. The van der Waals surface area contributed by atoms with Crippen LogP contribution in [0, 0.1) is 0 Å². The predicted octanol–water partition coefficient (Wildman–Crippen LogP) is 0.522. The van der Waals surface area contributed by atoms with Crippen molar-refractivity contribution < 1.29 is 9.90 Å². The molecule has 2 saturated heterocycles. The summed E-state index contributed by atoms with van der Waals surface area (Å²) in [6.45, 7) is 2.70. The quantitative estimate of drug-likeness (QED) is 0.574. The molecule has 12 heavy (non-hydrogen) atoms. The summed E-state index contributed by atoms with van der Waals surface area (Å²) in [6.07, 6.45) is 3.24. The van der Waals surface area contributed by atoms with E-state index in [9.17, 15) is 9.90 Å². The molecule has 2 heterocycles. The number of rotatable bonds is 0. The van der Waals surface area contributed by atoms with Crippen molar-refractivity contribution in [2.45, 2.75) is 44.2 Å². The van der Waals surface area contributed by atoms with E-state index in [1.54, 1.807) is 0 Å². The average Bonchev–Trinajstić information content (AvgIpc) is 2.33. The Morgan fingerprint density at radius 2 is 2.42 bits per heavy atom. The van der Waals surface area contributed by atoms with Crippen LogP contribution in [0.3, 0.4) is 0 Å². The molecule has 0 aromatic heterocycles. The van der Waals surface area contributed by atoms with E-state index >= 15 is 0 Å². The van der Waals surface area contributed by atoms with Gasteiger partial charge in [-0.05, 0) is 26.2 Å². The van der Waals surface area contributed by atoms with Gasteiger partial charge in [0.2, 0.25) is 5.91 Å². The van der Waals surface area contributed by atoms with E-state index in [-0.39, 0.29) is 11.9 Å². The van der Waals surface area contributed by atoms with Crippen molar-refractivity contribution in [3.63, 3.8) is 0 Å². The molecule has 2 rings (SSSR count). The lowest BCUT2D eigenvalue weighted by Gasteiger charge is -2.41. The van der Waals surface area contributed by atoms with E-state index in [1.165, 1.54) is 0 Å². The van der Waals surface area contributed by atoms with Gasteiger partial charge in [0.05, 0.1) is 11.6 Å². The number of aliphatic hydroxyl groups is 1. The lowest BCUT2D eigenvalue weighted by molar-refractivity contribution is -0.136. The molecule has 1 amide bonds. The molecule has 0 spiro atoms. The number of amides is 1. The first kappa shape index (κ1) is 8.05. The van der Waals surface area contributed by atoms with E-state index in [2.05, 4.69) is 0 Å². The minimum atomic E-state index is -0.635. The molecule has 1 N–H and O–H groups in total. The van der Waals surface area contributed by atoms with Crippen LogP contribution in [0.5, 0.6) is 0 Å². The van der Waals surface area contributed by atoms with Crippen molar-refractivity contribution in [1.82, 2.24) is 4.90 Å². The molecule has 2 atom stereocenters. The minimum absolute atomic E-state index is 0.0961. The van der Waals surface area contributed by atoms with E-state index in [0.29, 0.717) is 6.42 Å². The Kier molecular flexibility index (Phi) is 1.65. The number of piperidine rings is 1. The third-order valence-electron chi connectivity index (χ3n) is 3.13. The topological polar surface area (TPSA) is 40.5 Å². The summed E-state index contributed by atoms with van der Waals surface area (Å²) in [7, 11) is 0. The van der Waals surface area contributed by atoms with E-state index in [0.717, 1.165) is 25.8 Å². The molecule has 68 valence electrons. The van der Waals surface area contributed by atoms with Gasteiger partial charge in [-0.2, -0.15) is 0 Å². The van der Waals surface area contributed by atoms with Crippen molar-refractivity contribution in [2.75, 3.05) is 6.54 Å². The summed E-state index contributed by atoms with van der Waals surface area (Å²) in [6, 6.07) is 0.0961. The van der Waals surface area contributed by atoms with Crippen LogP contribution in [0.2, 0.25) is 0 Å². The van der Waals surface area contributed by atoms with E-state index < -0.39 is 5.60 Å². The molecule has 0 radical (unpaired) electrons. The summed E-state index contributed by atoms with van der Waals surface area (Å²) < 4.78 is 0. The first-order valence-electron chi connectivity index (χ1n) is 4.63. The third-order valence-corrected chi connectivity index (χ3v) is 3.13. The minimum Gasteiger partial charge on any atom is -0.388 e. The molecule has 3 heteroatoms. The highest BCUT2D eigenvalue weighted by molar-refractivity contribution is 5.79. The summed E-state index contributed by atoms with van der Waals surface area (Å²) >= 11 is 0. The molecule has 0 aromatic carbocycles. The number of fused-ring (bicyclic) bond motifs is 1. The normalized spacial score (nSPS) is 41.7. The third kappa shape index (κ3) is 1.04. The fraction of sp³-hybridized carbons (Fsp3) is 0.889. The van der Waals surface area contributed by atoms with Crippen LogP contribution in [-0.4, -0.2) is 34.1 Å². The molecule has 0 aromatic rings. The van der Waals surface area contributed by atoms with Crippen LogP contribution in [0.15, 0.2) is 0 Å². The van der Waals surface area contributed by atoms with Crippen molar-refractivity contribution in [1.29, 1.82) is 0 Å². The first-order valence-corrected chi connectivity index (χ1v) is 4.63. The van der Waals surface area contributed by atoms with E-state index in [1.807, 2.05) is 11.8 Å². The molecule has 2 aliphatic heterocycles. The zero-order chi connectivity index (χ0) is 8.77. The van der Waals surface area contributed by atoms with Crippen LogP contribution < -0.4 is 0 Å². The highest BCUT2D eigenvalue weighted by Gasteiger charge is 2.44. The Morgan fingerprint density at radius 3 is 3.08 bits per heavy atom. The number of carbonyl (C=O) groups excluding carboxylic acids is 1. The van der Waals surface area contributed by atoms with Gasteiger partial charge in [-0.3, -0.25) is 4.79 Å². The van der Waals surface area contributed by atoms with Crippen LogP contribution in [0.1, 0.15) is 32.6 Å². The highest BCUT2D eigenvalue weighted by atomic mass is 16.3. The SMILES string of the molecule is C[C@]1(O)CCCN2C(=O)CC[C@H]21. The van der Waals surface area contributed by atoms with Gasteiger partial charge in [0.1, 0.15) is 0 Å². The zero-order valence-electron chi connectivity index (χ0n) is 7.42. The van der Waals surface area contributed by atoms with Gasteiger partial charge in [-0.25, -0.2) is 0 Å². The van der Waals surface area contributed by atoms with Crippen molar-refractivity contribution in [3.05, 3.63) is 0 Å². The van der Waals surface area contributed by atoms with Crippen molar-refractivity contribution >= 4 is 5.91 Å². The average molecular weight is 169 g/mol. The summed E-state index contributed by atoms with van der Waals surface area (Å²) in [5.41, 5.74) is -0.635. The molecular weight excluding hydrogens is 154 g/mol. The number of carbonyl (C=O) groups is 1. The molecule has 2 aliphatic rings. The maximum absolute atomic E-state index is 11.3. The Hall–Kier alpha value is -0.570. The molecule has 0 unspecified atom stereocenters. The second-order valence-electron chi connectivity index (χ2n) is 4.10. The van der Waals surface area contributed by atoms with Crippen molar-refractivity contribution in [2.24, 2.45) is 0 Å². The molecule has 0 aliphatic carbocycles. The smallest absolute Gasteiger partial charge is 0.222 e. The summed E-state index contributed by atoms with van der Waals surface area (Å²) in [5.74, 6) is 0.222. The first-order chi connectivity index (χ1) is 5.61. The Bertz CT molecular complexity index is 213. The van der Waals surface area contributed by atoms with Gasteiger partial charge < -0.3 is 10.0 Å². The Balaban J connectivity index is 2.21. The predicted molar refractivity (Wildman–Crippen MR) is 44.6 cm³/mol. The highest BCUT2D eigenvalue weighted by Crippen LogP contribution is 2.34. The molecular formula is C9H15NO2. The fourth-order valence-corrected chi connectivity index (χ4v) is 2.43. The monoisotopic (exact) mass is 169 g/mol. The van der Waals surface area contributed by atoms with Gasteiger partial charge >= 0.3 is 0 Å². The van der Waals surface area contributed by atoms with Gasteiger partial charge in [-0.1, -0.05) is 0 Å². The second kappa shape index (κ2) is 2.46. The second-order valence-corrected chi connectivity index (χ2v) is 4.10. The molecule has 0 saturated carbocycles. The van der Waals surface area contributed by atoms with E-state index in [4.69, 9.17) is 0 Å².